The molecule has 2 N–H and O–H groups in total. The normalized spacial score (nSPS) is 21.5. The highest BCUT2D eigenvalue weighted by atomic mass is 35.5. The van der Waals surface area contributed by atoms with Gasteiger partial charge in [-0.2, -0.15) is 0 Å². The van der Waals surface area contributed by atoms with Crippen LogP contribution >= 0.6 is 11.6 Å². The summed E-state index contributed by atoms with van der Waals surface area (Å²) < 4.78 is 0. The molecule has 1 aromatic carbocycles. The molecule has 1 atom stereocenters. The van der Waals surface area contributed by atoms with Crippen molar-refractivity contribution in [3.63, 3.8) is 0 Å². The van der Waals surface area contributed by atoms with Gasteiger partial charge in [0.15, 0.2) is 0 Å². The van der Waals surface area contributed by atoms with Crippen molar-refractivity contribution >= 4 is 11.6 Å². The number of likely N-dealkylation sites (tertiary alicyclic amines) is 1. The van der Waals surface area contributed by atoms with E-state index in [0.29, 0.717) is 16.8 Å². The van der Waals surface area contributed by atoms with Crippen LogP contribution in [0.3, 0.4) is 0 Å². The number of phenols is 1. The first-order chi connectivity index (χ1) is 7.69. The van der Waals surface area contributed by atoms with Crippen molar-refractivity contribution in [3.05, 3.63) is 28.8 Å². The summed E-state index contributed by atoms with van der Waals surface area (Å²) in [4.78, 5) is 2.33. The van der Waals surface area contributed by atoms with E-state index in [1.165, 1.54) is 0 Å². The first kappa shape index (κ1) is 11.7. The van der Waals surface area contributed by atoms with Gasteiger partial charge in [-0.15, -0.1) is 0 Å². The van der Waals surface area contributed by atoms with Crippen molar-refractivity contribution in [3.8, 4) is 5.75 Å². The molecule has 0 bridgehead atoms. The van der Waals surface area contributed by atoms with Crippen molar-refractivity contribution < 1.29 is 5.11 Å². The summed E-state index contributed by atoms with van der Waals surface area (Å²) in [5.74, 6) is 0.331. The van der Waals surface area contributed by atoms with Crippen molar-refractivity contribution in [2.45, 2.75) is 19.0 Å². The number of hydrogen-bond acceptors (Lipinski definition) is 3. The first-order valence-corrected chi connectivity index (χ1v) is 5.94. The van der Waals surface area contributed by atoms with Crippen LogP contribution in [0.5, 0.6) is 5.75 Å². The summed E-state index contributed by atoms with van der Waals surface area (Å²) in [5.41, 5.74) is 0.907. The molecule has 0 aliphatic carbocycles. The second-order valence-corrected chi connectivity index (χ2v) is 4.72. The molecule has 4 heteroatoms. The van der Waals surface area contributed by atoms with E-state index in [0.717, 1.165) is 31.6 Å². The molecule has 1 aliphatic heterocycles. The molecule has 1 heterocycles. The van der Waals surface area contributed by atoms with Gasteiger partial charge < -0.3 is 10.4 Å². The van der Waals surface area contributed by atoms with Gasteiger partial charge >= 0.3 is 0 Å². The molecule has 1 aromatic rings. The first-order valence-electron chi connectivity index (χ1n) is 5.56. The van der Waals surface area contributed by atoms with E-state index in [9.17, 15) is 5.11 Å². The van der Waals surface area contributed by atoms with Crippen LogP contribution in [0.4, 0.5) is 0 Å². The highest BCUT2D eigenvalue weighted by molar-refractivity contribution is 6.30. The summed E-state index contributed by atoms with van der Waals surface area (Å²) in [6.45, 7) is 2.87. The molecule has 1 fully saturated rings. The van der Waals surface area contributed by atoms with Crippen molar-refractivity contribution in [2.75, 3.05) is 20.1 Å². The molecule has 88 valence electrons. The average molecular weight is 241 g/mol. The Morgan fingerprint density at radius 3 is 3.06 bits per heavy atom. The van der Waals surface area contributed by atoms with Crippen LogP contribution in [-0.2, 0) is 6.54 Å². The molecule has 0 radical (unpaired) electrons. The summed E-state index contributed by atoms with van der Waals surface area (Å²) in [6, 6.07) is 5.77. The Bertz CT molecular complexity index is 370. The van der Waals surface area contributed by atoms with Gasteiger partial charge in [0, 0.05) is 36.3 Å². The second kappa shape index (κ2) is 5.04. The molecule has 0 spiro atoms. The number of halogens is 1. The number of aromatic hydroxyl groups is 1. The van der Waals surface area contributed by atoms with Crippen molar-refractivity contribution in [1.82, 2.24) is 10.2 Å². The van der Waals surface area contributed by atoms with E-state index in [4.69, 9.17) is 11.6 Å². The number of phenolic OH excluding ortho intramolecular Hbond substituents is 1. The molecule has 1 saturated heterocycles. The van der Waals surface area contributed by atoms with Crippen LogP contribution < -0.4 is 5.32 Å². The van der Waals surface area contributed by atoms with Crippen molar-refractivity contribution in [2.24, 2.45) is 0 Å². The Morgan fingerprint density at radius 2 is 2.38 bits per heavy atom. The van der Waals surface area contributed by atoms with E-state index >= 15 is 0 Å². The zero-order valence-corrected chi connectivity index (χ0v) is 10.2. The highest BCUT2D eigenvalue weighted by Crippen LogP contribution is 2.24. The molecular formula is C12H17ClN2O. The minimum absolute atomic E-state index is 0.331. The maximum atomic E-state index is 9.72. The Labute approximate surface area is 101 Å². The summed E-state index contributed by atoms with van der Waals surface area (Å²) >= 11 is 5.92. The third kappa shape index (κ3) is 2.67. The summed E-state index contributed by atoms with van der Waals surface area (Å²) in [6.07, 6.45) is 1.16. The number of nitrogens with zero attached hydrogens (tertiary/aromatic N) is 1. The fourth-order valence-corrected chi connectivity index (χ4v) is 2.33. The lowest BCUT2D eigenvalue weighted by Gasteiger charge is -2.16. The van der Waals surface area contributed by atoms with E-state index in [1.54, 1.807) is 12.1 Å². The number of hydrogen-bond donors (Lipinski definition) is 2. The van der Waals surface area contributed by atoms with Gasteiger partial charge in [0.25, 0.3) is 0 Å². The smallest absolute Gasteiger partial charge is 0.120 e. The monoisotopic (exact) mass is 240 g/mol. The van der Waals surface area contributed by atoms with E-state index in [1.807, 2.05) is 13.1 Å². The molecule has 0 amide bonds. The van der Waals surface area contributed by atoms with Crippen LogP contribution in [0.1, 0.15) is 12.0 Å². The number of rotatable bonds is 3. The number of nitrogens with one attached hydrogen (secondary N) is 1. The van der Waals surface area contributed by atoms with Gasteiger partial charge in [-0.3, -0.25) is 4.90 Å². The third-order valence-corrected chi connectivity index (χ3v) is 3.35. The summed E-state index contributed by atoms with van der Waals surface area (Å²) in [7, 11) is 1.99. The van der Waals surface area contributed by atoms with E-state index in [2.05, 4.69) is 10.2 Å². The SMILES string of the molecule is CNC1CCN(Cc2cc(Cl)ccc2O)C1. The predicted octanol–water partition coefficient (Wildman–Crippen LogP) is 1.84. The Balaban J connectivity index is 2.01. The van der Waals surface area contributed by atoms with E-state index < -0.39 is 0 Å². The number of benzene rings is 1. The van der Waals surface area contributed by atoms with Gasteiger partial charge in [0.2, 0.25) is 0 Å². The standard InChI is InChI=1S/C12H17ClN2O/c1-14-11-4-5-15(8-11)7-9-6-10(13)2-3-12(9)16/h2-3,6,11,14,16H,4-5,7-8H2,1H3. The average Bonchev–Trinajstić information content (AvgIpc) is 2.71. The second-order valence-electron chi connectivity index (χ2n) is 4.28. The minimum atomic E-state index is 0.331. The van der Waals surface area contributed by atoms with Gasteiger partial charge in [-0.1, -0.05) is 11.6 Å². The van der Waals surface area contributed by atoms with Gasteiger partial charge in [-0.25, -0.2) is 0 Å². The maximum absolute atomic E-state index is 9.72. The zero-order chi connectivity index (χ0) is 11.5. The zero-order valence-electron chi connectivity index (χ0n) is 9.41. The molecule has 2 rings (SSSR count). The largest absolute Gasteiger partial charge is 0.508 e. The molecule has 1 aliphatic rings. The molecule has 0 aromatic heterocycles. The van der Waals surface area contributed by atoms with Crippen LogP contribution in [0.25, 0.3) is 0 Å². The molecule has 1 unspecified atom stereocenters. The van der Waals surface area contributed by atoms with Crippen LogP contribution in [0, 0.1) is 0 Å². The number of likely N-dealkylation sites (N-methyl/N-ethyl adjacent to an activating group) is 1. The Kier molecular flexibility index (Phi) is 3.69. The fraction of sp³-hybridized carbons (Fsp3) is 0.500. The Hall–Kier alpha value is -0.770. The van der Waals surface area contributed by atoms with Gasteiger partial charge in [-0.05, 0) is 31.7 Å². The highest BCUT2D eigenvalue weighted by Gasteiger charge is 2.21. The van der Waals surface area contributed by atoms with Gasteiger partial charge in [0.05, 0.1) is 0 Å². The molecule has 0 saturated carbocycles. The third-order valence-electron chi connectivity index (χ3n) is 3.12. The molecule has 16 heavy (non-hydrogen) atoms. The van der Waals surface area contributed by atoms with Crippen LogP contribution in [0.2, 0.25) is 5.02 Å². The van der Waals surface area contributed by atoms with Gasteiger partial charge in [0.1, 0.15) is 5.75 Å². The van der Waals surface area contributed by atoms with Crippen molar-refractivity contribution in [1.29, 1.82) is 0 Å². The summed E-state index contributed by atoms with van der Waals surface area (Å²) in [5, 5.41) is 13.7. The lowest BCUT2D eigenvalue weighted by Crippen LogP contribution is -2.29. The quantitative estimate of drug-likeness (QED) is 0.847. The lowest BCUT2D eigenvalue weighted by molar-refractivity contribution is 0.316. The maximum Gasteiger partial charge on any atom is 0.120 e. The topological polar surface area (TPSA) is 35.5 Å². The van der Waals surface area contributed by atoms with Crippen LogP contribution in [0.15, 0.2) is 18.2 Å². The lowest BCUT2D eigenvalue weighted by atomic mass is 10.2. The van der Waals surface area contributed by atoms with Crippen LogP contribution in [-0.4, -0.2) is 36.2 Å². The molecule has 3 nitrogen and oxygen atoms in total. The predicted molar refractivity (Wildman–Crippen MR) is 65.9 cm³/mol. The Morgan fingerprint density at radius 1 is 1.56 bits per heavy atom. The fourth-order valence-electron chi connectivity index (χ4n) is 2.13. The van der Waals surface area contributed by atoms with E-state index in [-0.39, 0.29) is 0 Å². The minimum Gasteiger partial charge on any atom is -0.508 e. The molecular weight excluding hydrogens is 224 g/mol.